The Labute approximate surface area is 202 Å². The van der Waals surface area contributed by atoms with Gasteiger partial charge in [0.2, 0.25) is 5.82 Å². The molecule has 1 aliphatic rings. The van der Waals surface area contributed by atoms with Crippen molar-refractivity contribution in [2.24, 2.45) is 0 Å². The first kappa shape index (κ1) is 22.4. The highest BCUT2D eigenvalue weighted by atomic mass is 16.5. The minimum Gasteiger partial charge on any atom is -0.489 e. The lowest BCUT2D eigenvalue weighted by molar-refractivity contribution is 0.0909. The maximum Gasteiger partial charge on any atom is 0.291 e. The summed E-state index contributed by atoms with van der Waals surface area (Å²) in [6.45, 7) is 3.45. The molecule has 0 fully saturated rings. The Morgan fingerprint density at radius 2 is 2.11 bits per heavy atom. The number of carbonyl (C=O) groups excluding carboxylic acids is 1. The van der Waals surface area contributed by atoms with Crippen LogP contribution >= 0.6 is 0 Å². The second-order valence-electron chi connectivity index (χ2n) is 8.75. The zero-order valence-corrected chi connectivity index (χ0v) is 19.3. The Bertz CT molecular complexity index is 1420. The predicted octanol–water partition coefficient (Wildman–Crippen LogP) is 2.57. The van der Waals surface area contributed by atoms with Gasteiger partial charge < -0.3 is 15.2 Å². The molecular weight excluding hydrogens is 444 g/mol. The minimum atomic E-state index is -1.10. The number of hydrogen-bond donors (Lipinski definition) is 3. The summed E-state index contributed by atoms with van der Waals surface area (Å²) in [7, 11) is 0. The van der Waals surface area contributed by atoms with Crippen LogP contribution in [0.3, 0.4) is 0 Å². The van der Waals surface area contributed by atoms with Crippen molar-refractivity contribution in [1.82, 2.24) is 30.0 Å². The molecule has 0 bridgehead atoms. The number of aliphatic hydroxyl groups is 1. The van der Waals surface area contributed by atoms with Gasteiger partial charge in [0.05, 0.1) is 5.69 Å². The predicted molar refractivity (Wildman–Crippen MR) is 128 cm³/mol. The minimum absolute atomic E-state index is 0.0555. The largest absolute Gasteiger partial charge is 0.489 e. The fourth-order valence-electron chi connectivity index (χ4n) is 3.75. The van der Waals surface area contributed by atoms with E-state index >= 15 is 0 Å². The summed E-state index contributed by atoms with van der Waals surface area (Å²) in [5.41, 5.74) is 1.45. The van der Waals surface area contributed by atoms with Gasteiger partial charge >= 0.3 is 0 Å². The number of imidazole rings is 1. The van der Waals surface area contributed by atoms with Crippen LogP contribution in [0.4, 0.5) is 0 Å². The van der Waals surface area contributed by atoms with E-state index in [1.165, 1.54) is 0 Å². The number of amides is 1. The molecule has 2 aromatic heterocycles. The number of hydrogen-bond acceptors (Lipinski definition) is 6. The summed E-state index contributed by atoms with van der Waals surface area (Å²) in [6, 6.07) is 14.8. The summed E-state index contributed by atoms with van der Waals surface area (Å²) in [5.74, 6) is 7.29. The Hall–Kier alpha value is -4.42. The molecule has 0 saturated heterocycles. The van der Waals surface area contributed by atoms with E-state index in [2.05, 4.69) is 37.3 Å². The third-order valence-corrected chi connectivity index (χ3v) is 5.37. The van der Waals surface area contributed by atoms with Gasteiger partial charge in [-0.2, -0.15) is 0 Å². The lowest BCUT2D eigenvalue weighted by Gasteiger charge is -2.15. The van der Waals surface area contributed by atoms with E-state index in [1.54, 1.807) is 26.2 Å². The normalized spacial score (nSPS) is 14.5. The topological polar surface area (TPSA) is 118 Å². The summed E-state index contributed by atoms with van der Waals surface area (Å²) in [6.07, 6.45) is 4.02. The molecule has 0 spiro atoms. The van der Waals surface area contributed by atoms with Crippen LogP contribution in [-0.2, 0) is 6.42 Å². The van der Waals surface area contributed by atoms with Crippen LogP contribution in [-0.4, -0.2) is 48.0 Å². The number of carbonyl (C=O) groups is 1. The van der Waals surface area contributed by atoms with Crippen molar-refractivity contribution in [2.75, 3.05) is 6.61 Å². The van der Waals surface area contributed by atoms with E-state index in [1.807, 2.05) is 53.1 Å². The van der Waals surface area contributed by atoms with Crippen molar-refractivity contribution in [3.63, 3.8) is 0 Å². The van der Waals surface area contributed by atoms with Gasteiger partial charge in [0.25, 0.3) is 5.91 Å². The molecule has 4 aromatic rings. The monoisotopic (exact) mass is 468 g/mol. The third kappa shape index (κ3) is 5.08. The molecule has 0 aliphatic carbocycles. The zero-order chi connectivity index (χ0) is 24.4. The lowest BCUT2D eigenvalue weighted by atomic mass is 10.1. The Kier molecular flexibility index (Phi) is 5.81. The number of aromatic nitrogens is 5. The second-order valence-corrected chi connectivity index (χ2v) is 8.75. The van der Waals surface area contributed by atoms with E-state index in [-0.39, 0.29) is 12.4 Å². The van der Waals surface area contributed by atoms with E-state index in [0.29, 0.717) is 23.8 Å². The van der Waals surface area contributed by atoms with Crippen molar-refractivity contribution in [1.29, 1.82) is 0 Å². The van der Waals surface area contributed by atoms with Crippen LogP contribution in [0.1, 0.15) is 53.3 Å². The smallest absolute Gasteiger partial charge is 0.291 e. The molecule has 9 nitrogen and oxygen atoms in total. The number of aromatic amines is 1. The maximum absolute atomic E-state index is 12.9. The van der Waals surface area contributed by atoms with E-state index in [4.69, 9.17) is 4.74 Å². The van der Waals surface area contributed by atoms with Gasteiger partial charge in [-0.15, -0.1) is 5.10 Å². The van der Waals surface area contributed by atoms with Crippen molar-refractivity contribution >= 4 is 5.91 Å². The molecule has 3 N–H and O–H groups in total. The number of fused-ring (bicyclic) bond motifs is 3. The van der Waals surface area contributed by atoms with Crippen LogP contribution in [0, 0.1) is 11.8 Å². The Morgan fingerprint density at radius 3 is 2.91 bits per heavy atom. The number of benzene rings is 2. The maximum atomic E-state index is 12.9. The van der Waals surface area contributed by atoms with Crippen LogP contribution in [0.15, 0.2) is 60.9 Å². The SMILES string of the molecule is CC(C)(O)C#Cc1ccc2c(c1)-n1ccnc1[C@@H](NC(=O)c1n[nH]c(Cc3ccccc3)n1)CO2. The molecule has 9 heteroatoms. The number of H-pyrrole nitrogens is 1. The average molecular weight is 469 g/mol. The first-order chi connectivity index (χ1) is 16.9. The summed E-state index contributed by atoms with van der Waals surface area (Å²) in [5, 5.41) is 19.8. The zero-order valence-electron chi connectivity index (χ0n) is 19.3. The molecule has 0 unspecified atom stereocenters. The molecule has 1 atom stereocenters. The Morgan fingerprint density at radius 1 is 1.29 bits per heavy atom. The standard InChI is InChI=1S/C26H24N6O3/c1-26(2,34)11-10-18-8-9-21-20(14-18)32-13-12-27-24(32)19(16-35-21)28-25(33)23-29-22(30-31-23)15-17-6-4-3-5-7-17/h3-9,12-14,19,34H,15-16H2,1-2H3,(H,28,33)(H,29,30,31)/t19-/m0/s1. The summed E-state index contributed by atoms with van der Waals surface area (Å²) >= 11 is 0. The highest BCUT2D eigenvalue weighted by Gasteiger charge is 2.27. The molecule has 5 rings (SSSR count). The molecular formula is C26H24N6O3. The van der Waals surface area contributed by atoms with Gasteiger partial charge in [-0.3, -0.25) is 14.5 Å². The van der Waals surface area contributed by atoms with Crippen molar-refractivity contribution in [3.05, 3.63) is 89.5 Å². The summed E-state index contributed by atoms with van der Waals surface area (Å²) < 4.78 is 7.86. The highest BCUT2D eigenvalue weighted by molar-refractivity contribution is 5.90. The van der Waals surface area contributed by atoms with Gasteiger partial charge in [0, 0.05) is 24.4 Å². The van der Waals surface area contributed by atoms with Gasteiger partial charge in [0.15, 0.2) is 0 Å². The number of nitrogens with one attached hydrogen (secondary N) is 2. The molecule has 1 aliphatic heterocycles. The van der Waals surface area contributed by atoms with Gasteiger partial charge in [-0.05, 0) is 37.6 Å². The molecule has 0 saturated carbocycles. The third-order valence-electron chi connectivity index (χ3n) is 5.37. The average Bonchev–Trinajstić information content (AvgIpc) is 3.48. The molecule has 0 radical (unpaired) electrons. The van der Waals surface area contributed by atoms with E-state index < -0.39 is 17.6 Å². The fourth-order valence-corrected chi connectivity index (χ4v) is 3.75. The fraction of sp³-hybridized carbons (Fsp3) is 0.231. The summed E-state index contributed by atoms with van der Waals surface area (Å²) in [4.78, 5) is 21.7. The molecule has 176 valence electrons. The lowest BCUT2D eigenvalue weighted by Crippen LogP contribution is -2.33. The first-order valence-electron chi connectivity index (χ1n) is 11.2. The van der Waals surface area contributed by atoms with Crippen LogP contribution < -0.4 is 10.1 Å². The van der Waals surface area contributed by atoms with E-state index in [0.717, 1.165) is 16.8 Å². The molecule has 3 heterocycles. The van der Waals surface area contributed by atoms with Crippen molar-refractivity contribution in [3.8, 4) is 23.3 Å². The number of rotatable bonds is 4. The van der Waals surface area contributed by atoms with Gasteiger partial charge in [-0.25, -0.2) is 9.97 Å². The van der Waals surface area contributed by atoms with Crippen molar-refractivity contribution < 1.29 is 14.6 Å². The van der Waals surface area contributed by atoms with Crippen molar-refractivity contribution in [2.45, 2.75) is 31.9 Å². The second kappa shape index (κ2) is 9.08. The Balaban J connectivity index is 1.35. The number of ether oxygens (including phenoxy) is 1. The highest BCUT2D eigenvalue weighted by Crippen LogP contribution is 2.31. The molecule has 1 amide bonds. The molecule has 2 aromatic carbocycles. The van der Waals surface area contributed by atoms with Gasteiger partial charge in [0.1, 0.15) is 35.6 Å². The van der Waals surface area contributed by atoms with Crippen LogP contribution in [0.25, 0.3) is 5.69 Å². The van der Waals surface area contributed by atoms with E-state index in [9.17, 15) is 9.90 Å². The van der Waals surface area contributed by atoms with Gasteiger partial charge in [-0.1, -0.05) is 42.2 Å². The first-order valence-corrected chi connectivity index (χ1v) is 11.2. The van der Waals surface area contributed by atoms with Crippen LogP contribution in [0.5, 0.6) is 5.75 Å². The number of nitrogens with zero attached hydrogens (tertiary/aromatic N) is 4. The molecule has 35 heavy (non-hydrogen) atoms. The van der Waals surface area contributed by atoms with Crippen LogP contribution in [0.2, 0.25) is 0 Å². The quantitative estimate of drug-likeness (QED) is 0.396.